The highest BCUT2D eigenvalue weighted by molar-refractivity contribution is 6.20. The molecule has 96 valence electrons. The second-order valence-corrected chi connectivity index (χ2v) is 5.92. The molecule has 1 aliphatic carbocycles. The van der Waals surface area contributed by atoms with E-state index in [1.54, 1.807) is 0 Å². The standard InChI is InChI=1S/C14H23ClN2/c1-3-11-4-6-13(15)12(10-11)5-7-14-16-8-9-17(14)2/h8-9,11-13H,3-7,10H2,1-2H3. The molecule has 3 heteroatoms. The molecule has 3 atom stereocenters. The Kier molecular flexibility index (Phi) is 4.49. The van der Waals surface area contributed by atoms with Crippen LogP contribution in [0.1, 0.15) is 44.9 Å². The van der Waals surface area contributed by atoms with Gasteiger partial charge in [-0.3, -0.25) is 0 Å². The van der Waals surface area contributed by atoms with Crippen molar-refractivity contribution in [2.24, 2.45) is 18.9 Å². The van der Waals surface area contributed by atoms with E-state index in [1.165, 1.54) is 37.9 Å². The van der Waals surface area contributed by atoms with Gasteiger partial charge in [0.25, 0.3) is 0 Å². The summed E-state index contributed by atoms with van der Waals surface area (Å²) in [5.74, 6) is 2.77. The lowest BCUT2D eigenvalue weighted by atomic mass is 9.78. The van der Waals surface area contributed by atoms with E-state index < -0.39 is 0 Å². The van der Waals surface area contributed by atoms with Crippen molar-refractivity contribution in [3.05, 3.63) is 18.2 Å². The quantitative estimate of drug-likeness (QED) is 0.748. The summed E-state index contributed by atoms with van der Waals surface area (Å²) in [4.78, 5) is 4.38. The molecule has 0 aromatic carbocycles. The first-order valence-electron chi connectivity index (χ1n) is 6.81. The highest BCUT2D eigenvalue weighted by Gasteiger charge is 2.28. The van der Waals surface area contributed by atoms with Gasteiger partial charge in [0.15, 0.2) is 0 Å². The fourth-order valence-corrected chi connectivity index (χ4v) is 3.30. The van der Waals surface area contributed by atoms with E-state index in [1.807, 2.05) is 12.4 Å². The Hall–Kier alpha value is -0.500. The third-order valence-corrected chi connectivity index (χ3v) is 4.81. The zero-order chi connectivity index (χ0) is 12.3. The maximum Gasteiger partial charge on any atom is 0.108 e. The molecule has 0 N–H and O–H groups in total. The number of aryl methyl sites for hydroxylation is 2. The van der Waals surface area contributed by atoms with E-state index >= 15 is 0 Å². The van der Waals surface area contributed by atoms with Crippen LogP contribution < -0.4 is 0 Å². The third-order valence-electron chi connectivity index (χ3n) is 4.24. The number of imidazole rings is 1. The zero-order valence-electron chi connectivity index (χ0n) is 10.9. The number of alkyl halides is 1. The molecule has 3 unspecified atom stereocenters. The van der Waals surface area contributed by atoms with Crippen LogP contribution in [0.15, 0.2) is 12.4 Å². The molecule has 1 heterocycles. The largest absolute Gasteiger partial charge is 0.338 e. The van der Waals surface area contributed by atoms with Crippen LogP contribution in [0.4, 0.5) is 0 Å². The van der Waals surface area contributed by atoms with Gasteiger partial charge >= 0.3 is 0 Å². The van der Waals surface area contributed by atoms with Crippen LogP contribution in [0.2, 0.25) is 0 Å². The fraction of sp³-hybridized carbons (Fsp3) is 0.786. The van der Waals surface area contributed by atoms with Crippen molar-refractivity contribution in [1.82, 2.24) is 9.55 Å². The molecular weight excluding hydrogens is 232 g/mol. The molecular formula is C14H23ClN2. The first-order chi connectivity index (χ1) is 8.20. The maximum absolute atomic E-state index is 6.46. The summed E-state index contributed by atoms with van der Waals surface area (Å²) in [5.41, 5.74) is 0. The molecule has 1 aliphatic rings. The van der Waals surface area contributed by atoms with E-state index in [2.05, 4.69) is 23.5 Å². The van der Waals surface area contributed by atoms with Gasteiger partial charge in [-0.05, 0) is 37.5 Å². The summed E-state index contributed by atoms with van der Waals surface area (Å²) >= 11 is 6.46. The first-order valence-corrected chi connectivity index (χ1v) is 7.24. The minimum absolute atomic E-state index is 0.387. The van der Waals surface area contributed by atoms with Crippen molar-refractivity contribution < 1.29 is 0 Å². The second-order valence-electron chi connectivity index (χ2n) is 5.36. The molecule has 0 bridgehead atoms. The number of halogens is 1. The zero-order valence-corrected chi connectivity index (χ0v) is 11.7. The van der Waals surface area contributed by atoms with Gasteiger partial charge in [-0.25, -0.2) is 4.98 Å². The molecule has 2 rings (SSSR count). The van der Waals surface area contributed by atoms with Gasteiger partial charge in [-0.1, -0.05) is 13.3 Å². The van der Waals surface area contributed by atoms with Crippen LogP contribution >= 0.6 is 11.6 Å². The molecule has 1 saturated carbocycles. The van der Waals surface area contributed by atoms with E-state index in [0.717, 1.165) is 12.3 Å². The normalized spacial score (nSPS) is 29.5. The lowest BCUT2D eigenvalue weighted by Crippen LogP contribution is -2.26. The average Bonchev–Trinajstić information content (AvgIpc) is 2.74. The van der Waals surface area contributed by atoms with Crippen LogP contribution in [0.5, 0.6) is 0 Å². The van der Waals surface area contributed by atoms with Crippen molar-refractivity contribution in [3.8, 4) is 0 Å². The van der Waals surface area contributed by atoms with Crippen LogP contribution in [-0.4, -0.2) is 14.9 Å². The molecule has 1 fully saturated rings. The van der Waals surface area contributed by atoms with Crippen molar-refractivity contribution in [2.45, 2.75) is 50.8 Å². The van der Waals surface area contributed by atoms with Gasteiger partial charge in [0.2, 0.25) is 0 Å². The van der Waals surface area contributed by atoms with Gasteiger partial charge in [-0.2, -0.15) is 0 Å². The molecule has 0 amide bonds. The number of hydrogen-bond acceptors (Lipinski definition) is 1. The Morgan fingerprint density at radius 2 is 2.29 bits per heavy atom. The second kappa shape index (κ2) is 5.90. The predicted molar refractivity (Wildman–Crippen MR) is 72.3 cm³/mol. The van der Waals surface area contributed by atoms with E-state index in [9.17, 15) is 0 Å². The van der Waals surface area contributed by atoms with Crippen molar-refractivity contribution in [2.75, 3.05) is 0 Å². The van der Waals surface area contributed by atoms with Crippen molar-refractivity contribution in [3.63, 3.8) is 0 Å². The summed E-state index contributed by atoms with van der Waals surface area (Å²) in [6.07, 6.45) is 11.3. The average molecular weight is 255 g/mol. The smallest absolute Gasteiger partial charge is 0.108 e. The summed E-state index contributed by atoms with van der Waals surface area (Å²) < 4.78 is 2.11. The van der Waals surface area contributed by atoms with Gasteiger partial charge in [-0.15, -0.1) is 11.6 Å². The molecule has 0 radical (unpaired) electrons. The van der Waals surface area contributed by atoms with Crippen LogP contribution in [0.3, 0.4) is 0 Å². The molecule has 0 aliphatic heterocycles. The molecule has 1 aromatic rings. The summed E-state index contributed by atoms with van der Waals surface area (Å²) in [6, 6.07) is 0. The number of nitrogens with zero attached hydrogens (tertiary/aromatic N) is 2. The summed E-state index contributed by atoms with van der Waals surface area (Å²) in [7, 11) is 2.07. The van der Waals surface area contributed by atoms with E-state index in [4.69, 9.17) is 11.6 Å². The Morgan fingerprint density at radius 1 is 1.47 bits per heavy atom. The van der Waals surface area contributed by atoms with Crippen LogP contribution in [0, 0.1) is 11.8 Å². The highest BCUT2D eigenvalue weighted by atomic mass is 35.5. The molecule has 0 spiro atoms. The minimum Gasteiger partial charge on any atom is -0.338 e. The lowest BCUT2D eigenvalue weighted by Gasteiger charge is -2.32. The molecule has 17 heavy (non-hydrogen) atoms. The third kappa shape index (κ3) is 3.25. The Balaban J connectivity index is 1.87. The Bertz CT molecular complexity index is 348. The number of hydrogen-bond donors (Lipinski definition) is 0. The first kappa shape index (κ1) is 12.9. The van der Waals surface area contributed by atoms with Crippen molar-refractivity contribution in [1.29, 1.82) is 0 Å². The van der Waals surface area contributed by atoms with Crippen molar-refractivity contribution >= 4 is 11.6 Å². The Labute approximate surface area is 109 Å². The lowest BCUT2D eigenvalue weighted by molar-refractivity contribution is 0.253. The number of rotatable bonds is 4. The highest BCUT2D eigenvalue weighted by Crippen LogP contribution is 2.36. The van der Waals surface area contributed by atoms with Gasteiger partial charge in [0.05, 0.1) is 0 Å². The summed E-state index contributed by atoms with van der Waals surface area (Å²) in [6.45, 7) is 2.30. The fourth-order valence-electron chi connectivity index (χ4n) is 2.95. The Morgan fingerprint density at radius 3 is 2.94 bits per heavy atom. The van der Waals surface area contributed by atoms with Gasteiger partial charge in [0, 0.05) is 31.2 Å². The minimum atomic E-state index is 0.387. The van der Waals surface area contributed by atoms with Crippen LogP contribution in [-0.2, 0) is 13.5 Å². The van der Waals surface area contributed by atoms with Gasteiger partial charge in [0.1, 0.15) is 5.82 Å². The maximum atomic E-state index is 6.46. The molecule has 0 saturated heterocycles. The molecule has 2 nitrogen and oxygen atoms in total. The van der Waals surface area contributed by atoms with Crippen LogP contribution in [0.25, 0.3) is 0 Å². The number of aromatic nitrogens is 2. The SMILES string of the molecule is CCC1CCC(Cl)C(CCc2nccn2C)C1. The monoisotopic (exact) mass is 254 g/mol. The van der Waals surface area contributed by atoms with E-state index in [-0.39, 0.29) is 0 Å². The molecule has 1 aromatic heterocycles. The van der Waals surface area contributed by atoms with E-state index in [0.29, 0.717) is 11.3 Å². The van der Waals surface area contributed by atoms with Gasteiger partial charge < -0.3 is 4.57 Å². The summed E-state index contributed by atoms with van der Waals surface area (Å²) in [5, 5.41) is 0.387. The predicted octanol–water partition coefficient (Wildman–Crippen LogP) is 3.79. The topological polar surface area (TPSA) is 17.8 Å².